The van der Waals surface area contributed by atoms with Gasteiger partial charge in [0.15, 0.2) is 0 Å². The molecule has 47 heavy (non-hydrogen) atoms. The molecule has 250 valence electrons. The zero-order valence-electron chi connectivity index (χ0n) is 30.1. The molecule has 0 aromatic heterocycles. The summed E-state index contributed by atoms with van der Waals surface area (Å²) < 4.78 is 0. The van der Waals surface area contributed by atoms with Crippen LogP contribution in [-0.4, -0.2) is 6.88 Å². The van der Waals surface area contributed by atoms with Crippen LogP contribution in [0.4, 0.5) is 0 Å². The molecule has 0 heterocycles. The molecule has 0 spiro atoms. The molecule has 0 aliphatic carbocycles. The van der Waals surface area contributed by atoms with Crippen LogP contribution in [0.2, 0.25) is 0 Å². The fourth-order valence-corrected chi connectivity index (χ4v) is 5.96. The summed E-state index contributed by atoms with van der Waals surface area (Å²) in [5, 5.41) is 5.48. The molecule has 0 nitrogen and oxygen atoms in total. The summed E-state index contributed by atoms with van der Waals surface area (Å²) in [6.45, 7) is 23.0. The summed E-state index contributed by atoms with van der Waals surface area (Å²) in [4.78, 5) is 0. The first kappa shape index (κ1) is 44.8. The zero-order chi connectivity index (χ0) is 31.5. The second kappa shape index (κ2) is 19.1. The van der Waals surface area contributed by atoms with E-state index in [9.17, 15) is 0 Å². The summed E-state index contributed by atoms with van der Waals surface area (Å²) >= 11 is 1.36. The van der Waals surface area contributed by atoms with E-state index in [4.69, 9.17) is 0 Å². The Morgan fingerprint density at radius 1 is 0.638 bits per heavy atom. The Bertz CT molecular complexity index is 1830. The summed E-state index contributed by atoms with van der Waals surface area (Å²) in [6.07, 6.45) is 0. The third-order valence-corrected chi connectivity index (χ3v) is 8.28. The maximum absolute atomic E-state index is 3.06. The summed E-state index contributed by atoms with van der Waals surface area (Å²) in [7, 11) is 0. The second-order valence-electron chi connectivity index (χ2n) is 13.2. The van der Waals surface area contributed by atoms with E-state index in [1.165, 1.54) is 101 Å². The number of hydrogen-bond donors (Lipinski definition) is 0. The molecule has 0 aliphatic rings. The first-order chi connectivity index (χ1) is 20.4. The average molecular weight is 759 g/mol. The van der Waals surface area contributed by atoms with E-state index in [0.29, 0.717) is 5.92 Å². The van der Waals surface area contributed by atoms with Crippen molar-refractivity contribution >= 4 is 53.2 Å². The molecule has 6 aromatic rings. The van der Waals surface area contributed by atoms with Gasteiger partial charge < -0.3 is 14.9 Å². The molecule has 0 atom stereocenters. The third-order valence-electron chi connectivity index (χ3n) is 8.28. The van der Waals surface area contributed by atoms with Crippen LogP contribution in [0.5, 0.6) is 0 Å². The molecule has 0 bridgehead atoms. The van der Waals surface area contributed by atoms with Crippen molar-refractivity contribution in [3.05, 3.63) is 145 Å². The molecule has 2 radical (unpaired) electrons. The van der Waals surface area contributed by atoms with Crippen LogP contribution < -0.4 is 0 Å². The molecule has 0 amide bonds. The van der Waals surface area contributed by atoms with Crippen LogP contribution >= 0.6 is 24.8 Å². The van der Waals surface area contributed by atoms with Crippen molar-refractivity contribution in [3.8, 4) is 22.3 Å². The van der Waals surface area contributed by atoms with Gasteiger partial charge in [-0.15, -0.1) is 93.4 Å². The number of fused-ring (bicyclic) bond motifs is 2. The van der Waals surface area contributed by atoms with E-state index in [0.717, 1.165) is 0 Å². The molecule has 6 rings (SSSR count). The molecule has 0 saturated heterocycles. The quantitative estimate of drug-likeness (QED) is 0.125. The fourth-order valence-electron chi connectivity index (χ4n) is 5.96. The zero-order valence-corrected chi connectivity index (χ0v) is 35.2. The van der Waals surface area contributed by atoms with Crippen LogP contribution in [0, 0.1) is 42.5 Å². The van der Waals surface area contributed by atoms with Gasteiger partial charge in [-0.3, -0.25) is 0 Å². The Kier molecular flexibility index (Phi) is 18.2. The van der Waals surface area contributed by atoms with Gasteiger partial charge in [-0.1, -0.05) is 125 Å². The van der Waals surface area contributed by atoms with Crippen molar-refractivity contribution in [2.75, 3.05) is 0 Å². The van der Waals surface area contributed by atoms with E-state index in [-0.39, 0.29) is 45.1 Å². The number of halogens is 2. The number of benzene rings is 4. The fraction of sp³-hybridized carbons (Fsp3) is 0.256. The topological polar surface area (TPSA) is 0 Å². The molecule has 0 saturated carbocycles. The SMILES string of the molecule is Cc1cc(C)cc(-c2cccc3[cH-]c(C(C)C)cc23)c1.Cc1cc2c(-c3ccc(C(C)(C)C)cc3)ccc(C)c2[cH-]1.Cl.Cl.[CH3-].[CH3-].[Si]=[Zr]. The van der Waals surface area contributed by atoms with Crippen LogP contribution in [-0.2, 0) is 28.8 Å². The molecule has 6 aromatic carbocycles. The monoisotopic (exact) mass is 756 g/mol. The Morgan fingerprint density at radius 2 is 1.21 bits per heavy atom. The Hall–Kier alpha value is -2.22. The predicted molar refractivity (Wildman–Crippen MR) is 215 cm³/mol. The first-order valence-corrected chi connectivity index (χ1v) is 19.4. The first-order valence-electron chi connectivity index (χ1n) is 15.2. The van der Waals surface area contributed by atoms with Gasteiger partial charge in [0.05, 0.1) is 0 Å². The minimum absolute atomic E-state index is 0. The van der Waals surface area contributed by atoms with Crippen molar-refractivity contribution in [2.45, 2.75) is 73.6 Å². The average Bonchev–Trinajstić information content (AvgIpc) is 3.58. The van der Waals surface area contributed by atoms with Gasteiger partial charge in [0.1, 0.15) is 0 Å². The van der Waals surface area contributed by atoms with E-state index < -0.39 is 0 Å². The number of rotatable bonds is 3. The van der Waals surface area contributed by atoms with E-state index in [1.54, 1.807) is 0 Å². The third kappa shape index (κ3) is 10.6. The molecular formula is C43H52Cl2SiZr-4. The number of hydrogen-bond acceptors (Lipinski definition) is 0. The van der Waals surface area contributed by atoms with Gasteiger partial charge >= 0.3 is 30.2 Å². The van der Waals surface area contributed by atoms with Crippen molar-refractivity contribution < 1.29 is 23.3 Å². The Morgan fingerprint density at radius 3 is 1.77 bits per heavy atom. The minimum atomic E-state index is 0. The van der Waals surface area contributed by atoms with E-state index in [1.807, 2.05) is 0 Å². The molecule has 0 unspecified atom stereocenters. The summed E-state index contributed by atoms with van der Waals surface area (Å²) in [6, 6.07) is 36.2. The van der Waals surface area contributed by atoms with Crippen LogP contribution in [0.3, 0.4) is 0 Å². The Labute approximate surface area is 315 Å². The van der Waals surface area contributed by atoms with Crippen LogP contribution in [0.15, 0.2) is 97.1 Å². The van der Waals surface area contributed by atoms with Crippen LogP contribution in [0.1, 0.15) is 73.9 Å². The van der Waals surface area contributed by atoms with E-state index in [2.05, 4.69) is 166 Å². The van der Waals surface area contributed by atoms with Gasteiger partial charge in [0.2, 0.25) is 0 Å². The number of aryl methyl sites for hydroxylation is 4. The summed E-state index contributed by atoms with van der Waals surface area (Å²) in [5.41, 5.74) is 13.7. The van der Waals surface area contributed by atoms with E-state index >= 15 is 0 Å². The van der Waals surface area contributed by atoms with Gasteiger partial charge in [-0.25, -0.2) is 0 Å². The standard InChI is InChI=1S/C21H23.C20H21.2CH3.2ClH.Si.Zr/c1-14-12-19-15(2)6-11-18(20(19)13-14)16-7-9-17(10-8-16)21(3,4)5;1-13(2)17-11-16-6-5-7-19(20(16)12-17)18-9-14(3)8-15(4)10-18;;;;;;/h6-13H,1-5H3;5-13H,1-4H3;2*1H3;2*1H;;/q4*-1;;;;. The van der Waals surface area contributed by atoms with Gasteiger partial charge in [-0.05, 0) is 41.9 Å². The Balaban J connectivity index is 0.000000792. The van der Waals surface area contributed by atoms with Gasteiger partial charge in [-0.2, -0.15) is 12.1 Å². The second-order valence-corrected chi connectivity index (χ2v) is 13.2. The molecule has 4 heteroatoms. The molecule has 0 aliphatic heterocycles. The van der Waals surface area contributed by atoms with Gasteiger partial charge in [0, 0.05) is 0 Å². The normalized spacial score (nSPS) is 10.3. The molecular weight excluding hydrogens is 707 g/mol. The maximum atomic E-state index is 3.06. The summed E-state index contributed by atoms with van der Waals surface area (Å²) in [5.74, 6) is 0.578. The molecule has 0 fully saturated rings. The predicted octanol–water partition coefficient (Wildman–Crippen LogP) is 13.5. The van der Waals surface area contributed by atoms with Crippen molar-refractivity contribution in [3.63, 3.8) is 0 Å². The van der Waals surface area contributed by atoms with Crippen LogP contribution in [0.25, 0.3) is 43.8 Å². The van der Waals surface area contributed by atoms with Crippen molar-refractivity contribution in [1.82, 2.24) is 0 Å². The molecule has 0 N–H and O–H groups in total. The van der Waals surface area contributed by atoms with Gasteiger partial charge in [0.25, 0.3) is 0 Å². The van der Waals surface area contributed by atoms with Crippen molar-refractivity contribution in [2.24, 2.45) is 0 Å². The van der Waals surface area contributed by atoms with Crippen molar-refractivity contribution in [1.29, 1.82) is 0 Å².